The number of carbonyl (C=O) groups excluding carboxylic acids is 1. The van der Waals surface area contributed by atoms with Crippen molar-refractivity contribution in [3.8, 4) is 5.75 Å². The summed E-state index contributed by atoms with van der Waals surface area (Å²) in [5.74, 6) is 0.0378. The Balaban J connectivity index is 1.82. The lowest BCUT2D eigenvalue weighted by atomic mass is 10.1. The first-order valence-corrected chi connectivity index (χ1v) is 8.79. The van der Waals surface area contributed by atoms with Gasteiger partial charge in [-0.25, -0.2) is 0 Å². The molecule has 3 heterocycles. The zero-order chi connectivity index (χ0) is 17.8. The number of amides is 1. The molecule has 9 nitrogen and oxygen atoms in total. The second-order valence-corrected chi connectivity index (χ2v) is 6.66. The van der Waals surface area contributed by atoms with E-state index in [0.29, 0.717) is 61.2 Å². The van der Waals surface area contributed by atoms with E-state index in [1.165, 1.54) is 24.5 Å². The van der Waals surface area contributed by atoms with Crippen molar-refractivity contribution in [2.24, 2.45) is 0 Å². The van der Waals surface area contributed by atoms with Crippen LogP contribution in [-0.2, 0) is 19.4 Å². The third-order valence-electron chi connectivity index (χ3n) is 3.99. The fourth-order valence-electron chi connectivity index (χ4n) is 2.84. The van der Waals surface area contributed by atoms with Crippen LogP contribution in [-0.4, -0.2) is 47.4 Å². The van der Waals surface area contributed by atoms with Crippen LogP contribution in [0.15, 0.2) is 10.9 Å². The van der Waals surface area contributed by atoms with Gasteiger partial charge in [-0.3, -0.25) is 9.59 Å². The molecule has 0 spiro atoms. The minimum Gasteiger partial charge on any atom is -0.496 e. The number of nitrogens with two attached hydrogens (primary N) is 1. The van der Waals surface area contributed by atoms with Crippen LogP contribution < -0.4 is 26.7 Å². The number of methoxy groups -OCH3 is 1. The van der Waals surface area contributed by atoms with E-state index in [1.807, 2.05) is 0 Å². The van der Waals surface area contributed by atoms with E-state index in [4.69, 9.17) is 10.5 Å². The quantitative estimate of drug-likeness (QED) is 0.648. The maximum atomic E-state index is 12.7. The Morgan fingerprint density at radius 2 is 2.32 bits per heavy atom. The smallest absolute Gasteiger partial charge is 0.256 e. The number of carbonyl (C=O) groups is 1. The van der Waals surface area contributed by atoms with Gasteiger partial charge in [0.15, 0.2) is 0 Å². The van der Waals surface area contributed by atoms with Crippen LogP contribution in [0.5, 0.6) is 5.75 Å². The average molecular weight is 364 g/mol. The SMILES string of the molecule is COc1cc(=O)n2c(c1C(=O)NCCc1nnc(N)s1)CCNCC2. The lowest BCUT2D eigenvalue weighted by molar-refractivity contribution is 0.0949. The van der Waals surface area contributed by atoms with Crippen LogP contribution in [0.4, 0.5) is 5.13 Å². The number of hydrogen-bond donors (Lipinski definition) is 3. The average Bonchev–Trinajstić information content (AvgIpc) is 2.85. The van der Waals surface area contributed by atoms with Crippen molar-refractivity contribution in [2.45, 2.75) is 19.4 Å². The van der Waals surface area contributed by atoms with Crippen molar-refractivity contribution in [1.29, 1.82) is 0 Å². The van der Waals surface area contributed by atoms with Crippen LogP contribution in [0.2, 0.25) is 0 Å². The fourth-order valence-corrected chi connectivity index (χ4v) is 3.45. The van der Waals surface area contributed by atoms with E-state index in [1.54, 1.807) is 4.57 Å². The van der Waals surface area contributed by atoms with Gasteiger partial charge in [-0.1, -0.05) is 11.3 Å². The van der Waals surface area contributed by atoms with Gasteiger partial charge in [-0.05, 0) is 0 Å². The maximum absolute atomic E-state index is 12.7. The third kappa shape index (κ3) is 3.80. The summed E-state index contributed by atoms with van der Waals surface area (Å²) in [6.45, 7) is 2.33. The largest absolute Gasteiger partial charge is 0.496 e. The lowest BCUT2D eigenvalue weighted by Crippen LogP contribution is -2.32. The van der Waals surface area contributed by atoms with Gasteiger partial charge < -0.3 is 25.7 Å². The molecule has 0 saturated heterocycles. The van der Waals surface area contributed by atoms with Gasteiger partial charge in [0.05, 0.1) is 7.11 Å². The topological polar surface area (TPSA) is 124 Å². The summed E-state index contributed by atoms with van der Waals surface area (Å²) >= 11 is 1.30. The number of anilines is 1. The van der Waals surface area contributed by atoms with Crippen molar-refractivity contribution in [3.63, 3.8) is 0 Å². The molecule has 4 N–H and O–H groups in total. The van der Waals surface area contributed by atoms with Crippen molar-refractivity contribution >= 4 is 22.4 Å². The summed E-state index contributed by atoms with van der Waals surface area (Å²) < 4.78 is 6.93. The Bertz CT molecular complexity index is 831. The molecule has 2 aromatic rings. The van der Waals surface area contributed by atoms with Crippen LogP contribution in [0.3, 0.4) is 0 Å². The molecule has 10 heteroatoms. The summed E-state index contributed by atoms with van der Waals surface area (Å²) in [6.07, 6.45) is 1.13. The molecule has 0 fully saturated rings. The van der Waals surface area contributed by atoms with Crippen molar-refractivity contribution in [3.05, 3.63) is 32.7 Å². The first-order chi connectivity index (χ1) is 12.1. The predicted molar refractivity (Wildman–Crippen MR) is 94.2 cm³/mol. The van der Waals surface area contributed by atoms with E-state index in [-0.39, 0.29) is 11.5 Å². The number of nitrogens with one attached hydrogen (secondary N) is 2. The van der Waals surface area contributed by atoms with Gasteiger partial charge >= 0.3 is 0 Å². The minimum absolute atomic E-state index is 0.156. The molecule has 0 atom stereocenters. The highest BCUT2D eigenvalue weighted by Crippen LogP contribution is 2.21. The predicted octanol–water partition coefficient (Wildman–Crippen LogP) is -0.591. The number of fused-ring (bicyclic) bond motifs is 1. The molecule has 25 heavy (non-hydrogen) atoms. The second kappa shape index (κ2) is 7.62. The zero-order valence-corrected chi connectivity index (χ0v) is 14.7. The van der Waals surface area contributed by atoms with Gasteiger partial charge in [0.1, 0.15) is 16.3 Å². The first kappa shape index (κ1) is 17.4. The molecule has 2 aromatic heterocycles. The van der Waals surface area contributed by atoms with Crippen LogP contribution in [0, 0.1) is 0 Å². The van der Waals surface area contributed by atoms with Crippen molar-refractivity contribution < 1.29 is 9.53 Å². The van der Waals surface area contributed by atoms with Crippen molar-refractivity contribution in [1.82, 2.24) is 25.4 Å². The molecular weight excluding hydrogens is 344 g/mol. The highest BCUT2D eigenvalue weighted by Gasteiger charge is 2.23. The molecule has 1 aliphatic heterocycles. The number of hydrogen-bond acceptors (Lipinski definition) is 8. The van der Waals surface area contributed by atoms with Gasteiger partial charge in [0, 0.05) is 50.8 Å². The van der Waals surface area contributed by atoms with Gasteiger partial charge in [-0.15, -0.1) is 10.2 Å². The maximum Gasteiger partial charge on any atom is 0.256 e. The Morgan fingerprint density at radius 3 is 3.04 bits per heavy atom. The minimum atomic E-state index is -0.264. The van der Waals surface area contributed by atoms with E-state index in [9.17, 15) is 9.59 Å². The molecule has 134 valence electrons. The second-order valence-electron chi connectivity index (χ2n) is 5.56. The van der Waals surface area contributed by atoms with Crippen LogP contribution in [0.1, 0.15) is 21.1 Å². The number of nitrogens with zero attached hydrogens (tertiary/aromatic N) is 3. The van der Waals surface area contributed by atoms with Gasteiger partial charge in [0.2, 0.25) is 5.13 Å². The fraction of sp³-hybridized carbons (Fsp3) is 0.467. The summed E-state index contributed by atoms with van der Waals surface area (Å²) in [6, 6.07) is 1.37. The molecule has 0 unspecified atom stereocenters. The van der Waals surface area contributed by atoms with Crippen molar-refractivity contribution in [2.75, 3.05) is 32.5 Å². The van der Waals surface area contributed by atoms with Crippen LogP contribution in [0.25, 0.3) is 0 Å². The first-order valence-electron chi connectivity index (χ1n) is 7.97. The molecule has 3 rings (SSSR count). The van der Waals surface area contributed by atoms with E-state index in [2.05, 4.69) is 20.8 Å². The van der Waals surface area contributed by atoms with Gasteiger partial charge in [0.25, 0.3) is 11.5 Å². The highest BCUT2D eigenvalue weighted by atomic mass is 32.1. The zero-order valence-electron chi connectivity index (χ0n) is 13.9. The lowest BCUT2D eigenvalue weighted by Gasteiger charge is -2.17. The Labute approximate surface area is 148 Å². The molecular formula is C15H20N6O3S. The molecule has 0 saturated carbocycles. The van der Waals surface area contributed by atoms with E-state index < -0.39 is 0 Å². The molecule has 0 aliphatic carbocycles. The summed E-state index contributed by atoms with van der Waals surface area (Å²) in [4.78, 5) is 25.0. The summed E-state index contributed by atoms with van der Waals surface area (Å²) in [5.41, 5.74) is 6.51. The van der Waals surface area contributed by atoms with E-state index in [0.717, 1.165) is 5.01 Å². The number of ether oxygens (including phenoxy) is 1. The molecule has 1 amide bonds. The Kier molecular flexibility index (Phi) is 5.29. The Morgan fingerprint density at radius 1 is 1.48 bits per heavy atom. The number of pyridine rings is 1. The molecule has 0 bridgehead atoms. The third-order valence-corrected chi connectivity index (χ3v) is 4.80. The van der Waals surface area contributed by atoms with E-state index >= 15 is 0 Å². The Hall–Kier alpha value is -2.46. The monoisotopic (exact) mass is 364 g/mol. The normalized spacial score (nSPS) is 13.8. The summed E-state index contributed by atoms with van der Waals surface area (Å²) in [7, 11) is 1.46. The summed E-state index contributed by atoms with van der Waals surface area (Å²) in [5, 5.41) is 14.9. The molecule has 1 aliphatic rings. The molecule has 0 radical (unpaired) electrons. The van der Waals surface area contributed by atoms with Crippen LogP contribution >= 0.6 is 11.3 Å². The number of rotatable bonds is 5. The number of aromatic nitrogens is 3. The standard InChI is InChI=1S/C15H20N6O3S/c1-24-10-8-12(22)21-7-6-17-4-2-9(21)13(10)14(23)18-5-3-11-19-20-15(16)25-11/h8,17H,2-7H2,1H3,(H2,16,20)(H,18,23). The van der Waals surface area contributed by atoms with Gasteiger partial charge in [-0.2, -0.15) is 0 Å². The highest BCUT2D eigenvalue weighted by molar-refractivity contribution is 7.15. The number of nitrogen functional groups attached to an aromatic ring is 1. The molecule has 0 aromatic carbocycles.